The van der Waals surface area contributed by atoms with Crippen molar-refractivity contribution < 1.29 is 19.2 Å². The van der Waals surface area contributed by atoms with Crippen molar-refractivity contribution in [2.45, 2.75) is 40.0 Å². The number of aryl methyl sites for hydroxylation is 2. The highest BCUT2D eigenvalue weighted by molar-refractivity contribution is 6.08. The van der Waals surface area contributed by atoms with Crippen molar-refractivity contribution in [3.8, 4) is 0 Å². The zero-order valence-electron chi connectivity index (χ0n) is 17.1. The lowest BCUT2D eigenvalue weighted by Gasteiger charge is -2.29. The molecule has 5 nitrogen and oxygen atoms in total. The number of ether oxygens (including phenoxy) is 1. The molecule has 1 saturated heterocycles. The Labute approximate surface area is 167 Å². The number of nitrogens with one attached hydrogen (secondary N) is 2. The molecule has 1 aliphatic heterocycles. The fraction of sp³-hybridized carbons (Fsp3) is 0.478. The fourth-order valence-corrected chi connectivity index (χ4v) is 4.32. The quantitative estimate of drug-likeness (QED) is 0.570. The highest BCUT2D eigenvalue weighted by Gasteiger charge is 2.29. The number of quaternary nitrogens is 1. The van der Waals surface area contributed by atoms with E-state index >= 15 is 0 Å². The summed E-state index contributed by atoms with van der Waals surface area (Å²) in [5.41, 5.74) is 3.77. The van der Waals surface area contributed by atoms with E-state index in [1.54, 1.807) is 6.92 Å². The number of aromatic nitrogens is 1. The number of hydrogen-bond donors (Lipinski definition) is 2. The number of esters is 1. The van der Waals surface area contributed by atoms with E-state index in [1.165, 1.54) is 10.5 Å². The van der Waals surface area contributed by atoms with Crippen molar-refractivity contribution in [2.75, 3.05) is 26.2 Å². The van der Waals surface area contributed by atoms with Gasteiger partial charge in [0.05, 0.1) is 30.8 Å². The summed E-state index contributed by atoms with van der Waals surface area (Å²) in [6.07, 6.45) is 3.38. The minimum absolute atomic E-state index is 0.0291. The van der Waals surface area contributed by atoms with Crippen LogP contribution < -0.4 is 4.90 Å². The lowest BCUT2D eigenvalue weighted by molar-refractivity contribution is -0.897. The first-order valence-electron chi connectivity index (χ1n) is 10.3. The van der Waals surface area contributed by atoms with Crippen molar-refractivity contribution >= 4 is 11.8 Å². The van der Waals surface area contributed by atoms with Gasteiger partial charge in [-0.3, -0.25) is 4.79 Å². The standard InChI is InChI=1S/C23H30N2O3/c1-4-28-23(27)22-17(3)24-16(2)21(22)20(26)15-25-12-10-19(11-13-25)14-18-8-6-5-7-9-18/h5-9,19,24H,4,10-15H2,1-3H3/p+1. The molecule has 0 unspecified atom stereocenters. The molecule has 0 spiro atoms. The van der Waals surface area contributed by atoms with E-state index in [0.717, 1.165) is 38.0 Å². The average molecular weight is 384 g/mol. The van der Waals surface area contributed by atoms with Gasteiger partial charge in [0.1, 0.15) is 6.54 Å². The van der Waals surface area contributed by atoms with Crippen molar-refractivity contribution in [1.82, 2.24) is 4.98 Å². The van der Waals surface area contributed by atoms with Crippen molar-refractivity contribution in [3.05, 3.63) is 58.4 Å². The van der Waals surface area contributed by atoms with Crippen molar-refractivity contribution in [1.29, 1.82) is 0 Å². The van der Waals surface area contributed by atoms with Crippen LogP contribution >= 0.6 is 0 Å². The van der Waals surface area contributed by atoms with Crippen LogP contribution in [-0.4, -0.2) is 43.0 Å². The van der Waals surface area contributed by atoms with Crippen LogP contribution in [-0.2, 0) is 11.2 Å². The summed E-state index contributed by atoms with van der Waals surface area (Å²) in [5.74, 6) is 0.304. The van der Waals surface area contributed by atoms with E-state index in [2.05, 4.69) is 35.3 Å². The second-order valence-corrected chi connectivity index (χ2v) is 7.83. The van der Waals surface area contributed by atoms with Gasteiger partial charge in [0, 0.05) is 11.4 Å². The third-order valence-corrected chi connectivity index (χ3v) is 5.72. The second-order valence-electron chi connectivity index (χ2n) is 7.83. The van der Waals surface area contributed by atoms with E-state index in [4.69, 9.17) is 4.74 Å². The smallest absolute Gasteiger partial charge is 0.340 e. The average Bonchev–Trinajstić information content (AvgIpc) is 2.98. The van der Waals surface area contributed by atoms with Crippen LogP contribution in [0.5, 0.6) is 0 Å². The van der Waals surface area contributed by atoms with Crippen LogP contribution in [0.15, 0.2) is 30.3 Å². The van der Waals surface area contributed by atoms with Gasteiger partial charge in [-0.1, -0.05) is 30.3 Å². The van der Waals surface area contributed by atoms with Gasteiger partial charge in [-0.2, -0.15) is 0 Å². The zero-order chi connectivity index (χ0) is 20.1. The molecule has 3 rings (SSSR count). The number of aromatic amines is 1. The minimum Gasteiger partial charge on any atom is -0.462 e. The molecule has 150 valence electrons. The molecule has 0 amide bonds. The summed E-state index contributed by atoms with van der Waals surface area (Å²) in [4.78, 5) is 29.8. The Morgan fingerprint density at radius 3 is 2.36 bits per heavy atom. The van der Waals surface area contributed by atoms with Gasteiger partial charge in [0.2, 0.25) is 5.78 Å². The number of ketones is 1. The Bertz CT molecular complexity index is 818. The lowest BCUT2D eigenvalue weighted by Crippen LogP contribution is -3.14. The molecule has 0 aliphatic carbocycles. The number of H-pyrrole nitrogens is 1. The summed E-state index contributed by atoms with van der Waals surface area (Å²) in [5, 5.41) is 0. The van der Waals surface area contributed by atoms with Gasteiger partial charge in [0.25, 0.3) is 0 Å². The maximum absolute atomic E-state index is 13.0. The van der Waals surface area contributed by atoms with Crippen LogP contribution in [0.25, 0.3) is 0 Å². The van der Waals surface area contributed by atoms with Gasteiger partial charge in [-0.25, -0.2) is 4.79 Å². The predicted molar refractivity (Wildman–Crippen MR) is 109 cm³/mol. The lowest BCUT2D eigenvalue weighted by atomic mass is 9.90. The Morgan fingerprint density at radius 1 is 1.07 bits per heavy atom. The largest absolute Gasteiger partial charge is 0.462 e. The number of benzene rings is 1. The Balaban J connectivity index is 1.60. The Morgan fingerprint density at radius 2 is 1.71 bits per heavy atom. The number of carbonyl (C=O) groups excluding carboxylic acids is 2. The van der Waals surface area contributed by atoms with Gasteiger partial charge >= 0.3 is 5.97 Å². The maximum atomic E-state index is 13.0. The summed E-state index contributed by atoms with van der Waals surface area (Å²) in [6, 6.07) is 10.6. The summed E-state index contributed by atoms with van der Waals surface area (Å²) in [6.45, 7) is 8.18. The summed E-state index contributed by atoms with van der Waals surface area (Å²) >= 11 is 0. The normalized spacial score (nSPS) is 19.4. The molecule has 5 heteroatoms. The molecule has 1 aliphatic rings. The molecule has 0 atom stereocenters. The SMILES string of the molecule is CCOC(=O)c1c(C)[nH]c(C)c1C(=O)C[NH+]1CCC(Cc2ccccc2)CC1. The summed E-state index contributed by atoms with van der Waals surface area (Å²) < 4.78 is 5.16. The Kier molecular flexibility index (Phi) is 6.68. The first-order valence-corrected chi connectivity index (χ1v) is 10.3. The molecule has 2 heterocycles. The van der Waals surface area contributed by atoms with Crippen molar-refractivity contribution in [2.24, 2.45) is 5.92 Å². The van der Waals surface area contributed by atoms with Crippen LogP contribution in [0.1, 0.15) is 57.4 Å². The van der Waals surface area contributed by atoms with Gasteiger partial charge in [-0.05, 0) is 51.5 Å². The number of carbonyl (C=O) groups is 2. The Hall–Kier alpha value is -2.40. The number of likely N-dealkylation sites (tertiary alicyclic amines) is 1. The first kappa shape index (κ1) is 20.3. The molecular weight excluding hydrogens is 352 g/mol. The minimum atomic E-state index is -0.413. The molecule has 1 fully saturated rings. The second kappa shape index (κ2) is 9.20. The molecule has 1 aromatic carbocycles. The maximum Gasteiger partial charge on any atom is 0.340 e. The molecule has 0 saturated carbocycles. The van der Waals surface area contributed by atoms with E-state index in [-0.39, 0.29) is 5.78 Å². The molecule has 2 aromatic rings. The number of piperidine rings is 1. The highest BCUT2D eigenvalue weighted by atomic mass is 16.5. The van der Waals surface area contributed by atoms with Crippen LogP contribution in [0, 0.1) is 19.8 Å². The third-order valence-electron chi connectivity index (χ3n) is 5.72. The molecule has 2 N–H and O–H groups in total. The van der Waals surface area contributed by atoms with Crippen LogP contribution in [0.3, 0.4) is 0 Å². The topological polar surface area (TPSA) is 63.6 Å². The van der Waals surface area contributed by atoms with E-state index in [1.807, 2.05) is 13.8 Å². The molecule has 0 bridgehead atoms. The van der Waals surface area contributed by atoms with Crippen LogP contribution in [0.2, 0.25) is 0 Å². The van der Waals surface area contributed by atoms with E-state index in [0.29, 0.717) is 35.9 Å². The number of Topliss-reactive ketones (excluding diaryl/α,β-unsaturated/α-hetero) is 1. The van der Waals surface area contributed by atoms with Gasteiger partial charge in [-0.15, -0.1) is 0 Å². The first-order chi connectivity index (χ1) is 13.5. The number of rotatable bonds is 7. The molecule has 28 heavy (non-hydrogen) atoms. The van der Waals surface area contributed by atoms with Crippen LogP contribution in [0.4, 0.5) is 0 Å². The molecule has 1 aromatic heterocycles. The number of hydrogen-bond acceptors (Lipinski definition) is 3. The van der Waals surface area contributed by atoms with Crippen molar-refractivity contribution in [3.63, 3.8) is 0 Å². The van der Waals surface area contributed by atoms with Gasteiger partial charge in [0.15, 0.2) is 0 Å². The predicted octanol–water partition coefficient (Wildman–Crippen LogP) is 2.53. The monoisotopic (exact) mass is 383 g/mol. The third kappa shape index (κ3) is 4.71. The summed E-state index contributed by atoms with van der Waals surface area (Å²) in [7, 11) is 0. The molecular formula is C23H31N2O3+. The molecule has 0 radical (unpaired) electrons. The highest BCUT2D eigenvalue weighted by Crippen LogP contribution is 2.20. The van der Waals surface area contributed by atoms with Gasteiger partial charge < -0.3 is 14.6 Å². The van der Waals surface area contributed by atoms with E-state index in [9.17, 15) is 9.59 Å². The van der Waals surface area contributed by atoms with E-state index < -0.39 is 5.97 Å². The zero-order valence-corrected chi connectivity index (χ0v) is 17.1. The fourth-order valence-electron chi connectivity index (χ4n) is 4.32.